The van der Waals surface area contributed by atoms with E-state index in [1.807, 2.05) is 30.0 Å². The molecule has 3 saturated heterocycles. The van der Waals surface area contributed by atoms with Crippen LogP contribution in [-0.2, 0) is 38.2 Å². The van der Waals surface area contributed by atoms with E-state index in [1.54, 1.807) is 36.4 Å². The summed E-state index contributed by atoms with van der Waals surface area (Å²) in [5, 5.41) is 24.1. The summed E-state index contributed by atoms with van der Waals surface area (Å²) < 4.78 is 38.0. The Morgan fingerprint density at radius 1 is 0.585 bits per heavy atom. The first-order valence-corrected chi connectivity index (χ1v) is 30.8. The van der Waals surface area contributed by atoms with Crippen molar-refractivity contribution < 1.29 is 102 Å². The van der Waals surface area contributed by atoms with Crippen molar-refractivity contribution in [2.75, 3.05) is 100 Å². The molecule has 6 heterocycles. The van der Waals surface area contributed by atoms with Gasteiger partial charge in [0.15, 0.2) is 5.82 Å². The SMILES string of the molecule is C.CCOC(=O)c1sc(N2CCOCC2)c(Br)c1Cc1ccc(Cl)c(Cl)c1.O=C(O)c1sc(N2CCOCC2)c(Br)c1Cc1ccc(Cl)c(Cl)c1.O=C(O)c1sc(N2CCOCC2)c(F)c1Cc1ccc(Cl)c(Cl)c1.[CH2-]CCC.[Li+].[Na+].[OH-]. The molecule has 0 spiro atoms. The third-order valence-corrected chi connectivity index (χ3v) is 20.2. The van der Waals surface area contributed by atoms with Gasteiger partial charge in [-0.25, -0.2) is 18.8 Å². The van der Waals surface area contributed by atoms with Gasteiger partial charge in [-0.1, -0.05) is 109 Å². The van der Waals surface area contributed by atoms with Gasteiger partial charge < -0.3 is 56.3 Å². The van der Waals surface area contributed by atoms with Crippen molar-refractivity contribution in [3.63, 3.8) is 0 Å². The van der Waals surface area contributed by atoms with Crippen LogP contribution >= 0.6 is 135 Å². The van der Waals surface area contributed by atoms with Crippen LogP contribution in [0.15, 0.2) is 63.5 Å². The van der Waals surface area contributed by atoms with Crippen LogP contribution in [0.3, 0.4) is 0 Å². The van der Waals surface area contributed by atoms with Gasteiger partial charge in [0.2, 0.25) is 0 Å². The minimum Gasteiger partial charge on any atom is -0.870 e. The molecule has 0 radical (unpaired) electrons. The van der Waals surface area contributed by atoms with Gasteiger partial charge in [0.05, 0.1) is 85.3 Å². The molecule has 9 rings (SSSR count). The number of halogens is 9. The van der Waals surface area contributed by atoms with Gasteiger partial charge in [-0.3, -0.25) is 0 Å². The van der Waals surface area contributed by atoms with E-state index in [9.17, 15) is 29.0 Å². The van der Waals surface area contributed by atoms with Crippen LogP contribution in [0.1, 0.15) is 96.5 Å². The number of carbonyl (C=O) groups is 3. The molecule has 3 aromatic heterocycles. The van der Waals surface area contributed by atoms with Gasteiger partial charge in [-0.05, 0) is 103 Å². The first kappa shape index (κ1) is 76.7. The number of thiophene rings is 3. The van der Waals surface area contributed by atoms with Crippen molar-refractivity contribution in [2.24, 2.45) is 0 Å². The van der Waals surface area contributed by atoms with Gasteiger partial charge in [-0.2, -0.15) is 6.42 Å². The van der Waals surface area contributed by atoms with Crippen LogP contribution in [0.4, 0.5) is 19.4 Å². The summed E-state index contributed by atoms with van der Waals surface area (Å²) >= 11 is 47.1. The molecule has 3 fully saturated rings. The summed E-state index contributed by atoms with van der Waals surface area (Å²) in [7, 11) is 0. The van der Waals surface area contributed by atoms with Crippen molar-refractivity contribution in [3.8, 4) is 0 Å². The van der Waals surface area contributed by atoms with E-state index in [-0.39, 0.29) is 84.2 Å². The Morgan fingerprint density at radius 3 is 1.22 bits per heavy atom. The average Bonchev–Trinajstić information content (AvgIpc) is 4.14. The number of ether oxygens (including phenoxy) is 4. The molecule has 0 bridgehead atoms. The number of rotatable bonds is 14. The molecule has 27 heteroatoms. The van der Waals surface area contributed by atoms with E-state index in [1.165, 1.54) is 29.1 Å². The molecule has 6 aromatic rings. The number of anilines is 3. The molecule has 0 aliphatic carbocycles. The predicted molar refractivity (Wildman–Crippen MR) is 334 cm³/mol. The number of esters is 1. The molecule has 0 saturated carbocycles. The number of morpholine rings is 3. The fourth-order valence-corrected chi connectivity index (χ4v) is 14.2. The van der Waals surface area contributed by atoms with Crippen LogP contribution in [0.25, 0.3) is 0 Å². The molecule has 3 aliphatic rings. The van der Waals surface area contributed by atoms with Gasteiger partial charge in [-0.15, -0.1) is 34.0 Å². The fraction of sp³-hybridized carbons (Fsp3) is 0.382. The number of nitrogens with zero attached hydrogens (tertiary/aromatic N) is 3. The fourth-order valence-electron chi connectivity index (χ4n) is 7.95. The van der Waals surface area contributed by atoms with E-state index < -0.39 is 17.8 Å². The molecule has 3 aromatic carbocycles. The maximum atomic E-state index is 14.9. The first-order chi connectivity index (χ1) is 37.4. The quantitative estimate of drug-likeness (QED) is 0.0601. The molecular weight excluding hydrogens is 1380 g/mol. The van der Waals surface area contributed by atoms with E-state index in [0.29, 0.717) is 123 Å². The van der Waals surface area contributed by atoms with E-state index in [0.717, 1.165) is 85.1 Å². The van der Waals surface area contributed by atoms with Crippen molar-refractivity contribution in [3.05, 3.63) is 154 Å². The van der Waals surface area contributed by atoms with Crippen LogP contribution in [0, 0.1) is 12.7 Å². The summed E-state index contributed by atoms with van der Waals surface area (Å²) in [5.41, 5.74) is 4.45. The Hall–Kier alpha value is -1.36. The minimum atomic E-state index is -1.13. The smallest absolute Gasteiger partial charge is 0.870 e. The van der Waals surface area contributed by atoms with Crippen molar-refractivity contribution in [1.29, 1.82) is 0 Å². The maximum absolute atomic E-state index is 14.9. The second kappa shape index (κ2) is 38.1. The normalized spacial score (nSPS) is 13.7. The van der Waals surface area contributed by atoms with Gasteiger partial charge in [0.25, 0.3) is 0 Å². The van der Waals surface area contributed by atoms with Gasteiger partial charge in [0.1, 0.15) is 29.6 Å². The molecule has 0 unspecified atom stereocenters. The molecule has 0 atom stereocenters. The number of benzene rings is 3. The summed E-state index contributed by atoms with van der Waals surface area (Å²) in [6.45, 7) is 15.7. The predicted octanol–water partition coefficient (Wildman–Crippen LogP) is 10.8. The molecular formula is C55H60Br2Cl6FLiN3NaO10S3. The van der Waals surface area contributed by atoms with Crippen LogP contribution < -0.4 is 63.1 Å². The van der Waals surface area contributed by atoms with Gasteiger partial charge >= 0.3 is 66.3 Å². The Kier molecular flexibility index (Phi) is 35.7. The van der Waals surface area contributed by atoms with Crippen LogP contribution in [0.2, 0.25) is 30.1 Å². The number of hydrogen-bond donors (Lipinski definition) is 2. The molecule has 3 N–H and O–H groups in total. The molecule has 13 nitrogen and oxygen atoms in total. The maximum Gasteiger partial charge on any atom is 1.00 e. The first-order valence-electron chi connectivity index (χ1n) is 24.5. The molecule has 3 aliphatic heterocycles. The monoisotopic (exact) mass is 1430 g/mol. The zero-order valence-electron chi connectivity index (χ0n) is 44.8. The second-order valence-electron chi connectivity index (χ2n) is 17.3. The third-order valence-electron chi connectivity index (χ3n) is 12.0. The number of hydrogen-bond acceptors (Lipinski definition) is 14. The summed E-state index contributed by atoms with van der Waals surface area (Å²) in [5.74, 6) is -2.83. The Bertz CT molecular complexity index is 2910. The zero-order chi connectivity index (χ0) is 56.6. The van der Waals surface area contributed by atoms with Crippen LogP contribution in [0.5, 0.6) is 0 Å². The van der Waals surface area contributed by atoms with E-state index in [2.05, 4.69) is 55.5 Å². The topological polar surface area (TPSA) is 168 Å². The molecule has 82 heavy (non-hydrogen) atoms. The van der Waals surface area contributed by atoms with E-state index >= 15 is 0 Å². The number of carbonyl (C=O) groups excluding carboxylic acids is 1. The number of carboxylic acid groups (broad SMARTS) is 2. The standard InChI is InChI=1S/C18H18BrCl2NO3S.C16H14BrCl2NO3S.C16H14Cl2FNO3S.C4H9.CH4.Li.Na.H2O/c1-2-25-18(23)16-12(9-11-3-4-13(20)14(21)10-11)15(19)17(26-16)22-5-7-24-8-6-22;17-13-10(7-9-1-2-11(18)12(19)8-9)14(16(21)22)24-15(13)20-3-5-23-6-4-20;17-11-2-1-9(8-12(11)18)7-10-13(19)15(24-14(10)16(21)22)20-3-5-23-6-4-20;1-3-4-2;;;;/h3-4,10H,2,5-9H2,1H3;2*1-2,8H,3-7H2,(H,21,22);1,3-4H2,2H3;1H4;;;1H2/q;;;-1;;2*+1;/p-1. The van der Waals surface area contributed by atoms with E-state index in [4.69, 9.17) is 88.6 Å². The van der Waals surface area contributed by atoms with Gasteiger partial charge in [0, 0.05) is 64.1 Å². The summed E-state index contributed by atoms with van der Waals surface area (Å²) in [6, 6.07) is 15.8. The minimum absolute atomic E-state index is 0. The Balaban J connectivity index is 0.000000397. The summed E-state index contributed by atoms with van der Waals surface area (Å²) in [6.07, 6.45) is 3.46. The molecule has 0 amide bonds. The second-order valence-corrected chi connectivity index (χ2v) is 24.4. The Labute approximate surface area is 571 Å². The molecule has 438 valence electrons. The Morgan fingerprint density at radius 2 is 0.890 bits per heavy atom. The third kappa shape index (κ3) is 21.2. The zero-order valence-corrected chi connectivity index (χ0v) is 57.0. The summed E-state index contributed by atoms with van der Waals surface area (Å²) in [4.78, 5) is 42.9. The van der Waals surface area contributed by atoms with Crippen molar-refractivity contribution >= 4 is 168 Å². The largest absolute Gasteiger partial charge is 1.00 e. The van der Waals surface area contributed by atoms with Crippen molar-refractivity contribution in [1.82, 2.24) is 0 Å². The van der Waals surface area contributed by atoms with Crippen molar-refractivity contribution in [2.45, 2.75) is 53.4 Å². The number of aromatic carboxylic acids is 2. The number of unbranched alkanes of at least 4 members (excludes halogenated alkanes) is 1. The van der Waals surface area contributed by atoms with Crippen LogP contribution in [-0.4, -0.2) is 119 Å². The average molecular weight is 1440 g/mol. The number of carboxylic acids is 2.